The first-order chi connectivity index (χ1) is 14.2. The van der Waals surface area contributed by atoms with Crippen LogP contribution in [0.4, 0.5) is 0 Å². The summed E-state index contributed by atoms with van der Waals surface area (Å²) in [5, 5.41) is 9.05. The molecule has 4 aromatic rings. The lowest BCUT2D eigenvalue weighted by molar-refractivity contribution is -0.118. The van der Waals surface area contributed by atoms with Crippen LogP contribution >= 0.6 is 11.8 Å². The zero-order valence-corrected chi connectivity index (χ0v) is 16.8. The van der Waals surface area contributed by atoms with Crippen LogP contribution in [0.3, 0.4) is 0 Å². The molecule has 0 aliphatic heterocycles. The number of para-hydroxylation sites is 1. The average molecular weight is 404 g/mol. The number of hydrogen-bond donors (Lipinski definition) is 1. The molecule has 2 heterocycles. The summed E-state index contributed by atoms with van der Waals surface area (Å²) in [6, 6.07) is 20.0. The highest BCUT2D eigenvalue weighted by Gasteiger charge is 2.13. The molecule has 1 unspecified atom stereocenters. The third-order valence-corrected chi connectivity index (χ3v) is 5.65. The molecule has 0 aliphatic carbocycles. The average Bonchev–Trinajstić information content (AvgIpc) is 3.22. The number of nitrogens with one attached hydrogen (secondary N) is 1. The monoisotopic (exact) mass is 403 g/mol. The SMILES string of the molecule is CC(CNC(=O)CSc1ncnc2c1cnn2-c1ccccc1)c1ccccc1. The van der Waals surface area contributed by atoms with E-state index < -0.39 is 0 Å². The molecule has 1 atom stereocenters. The smallest absolute Gasteiger partial charge is 0.230 e. The molecule has 7 heteroatoms. The Labute approximate surface area is 173 Å². The Hall–Kier alpha value is -3.19. The number of hydrogen-bond acceptors (Lipinski definition) is 5. The van der Waals surface area contributed by atoms with Crippen LogP contribution in [-0.4, -0.2) is 38.0 Å². The molecule has 4 rings (SSSR count). The van der Waals surface area contributed by atoms with E-state index in [-0.39, 0.29) is 11.8 Å². The van der Waals surface area contributed by atoms with E-state index in [2.05, 4.69) is 39.4 Å². The van der Waals surface area contributed by atoms with Crippen molar-refractivity contribution in [3.8, 4) is 5.69 Å². The minimum atomic E-state index is -0.0139. The van der Waals surface area contributed by atoms with Crippen molar-refractivity contribution in [1.82, 2.24) is 25.1 Å². The summed E-state index contributed by atoms with van der Waals surface area (Å²) in [4.78, 5) is 21.0. The quantitative estimate of drug-likeness (QED) is 0.375. The van der Waals surface area contributed by atoms with Crippen molar-refractivity contribution in [2.45, 2.75) is 17.9 Å². The Morgan fingerprint density at radius 1 is 1.07 bits per heavy atom. The molecule has 0 spiro atoms. The van der Waals surface area contributed by atoms with Crippen molar-refractivity contribution < 1.29 is 4.79 Å². The van der Waals surface area contributed by atoms with E-state index in [4.69, 9.17) is 0 Å². The van der Waals surface area contributed by atoms with Crippen LogP contribution in [0.25, 0.3) is 16.7 Å². The highest BCUT2D eigenvalue weighted by Crippen LogP contribution is 2.25. The minimum Gasteiger partial charge on any atom is -0.355 e. The largest absolute Gasteiger partial charge is 0.355 e. The summed E-state index contributed by atoms with van der Waals surface area (Å²) >= 11 is 1.40. The second-order valence-corrected chi connectivity index (χ2v) is 7.68. The van der Waals surface area contributed by atoms with E-state index >= 15 is 0 Å². The van der Waals surface area contributed by atoms with E-state index in [0.29, 0.717) is 12.3 Å². The number of amides is 1. The Morgan fingerprint density at radius 2 is 1.79 bits per heavy atom. The van der Waals surface area contributed by atoms with Crippen molar-refractivity contribution in [2.75, 3.05) is 12.3 Å². The Balaban J connectivity index is 1.40. The van der Waals surface area contributed by atoms with Gasteiger partial charge < -0.3 is 5.32 Å². The van der Waals surface area contributed by atoms with Crippen LogP contribution in [0.5, 0.6) is 0 Å². The van der Waals surface area contributed by atoms with E-state index in [9.17, 15) is 4.79 Å². The van der Waals surface area contributed by atoms with Gasteiger partial charge in [-0.15, -0.1) is 0 Å². The maximum Gasteiger partial charge on any atom is 0.230 e. The number of thioether (sulfide) groups is 1. The molecule has 2 aromatic carbocycles. The number of rotatable bonds is 7. The van der Waals surface area contributed by atoms with Crippen LogP contribution in [0, 0.1) is 0 Å². The highest BCUT2D eigenvalue weighted by atomic mass is 32.2. The van der Waals surface area contributed by atoms with Crippen LogP contribution in [0.1, 0.15) is 18.4 Å². The predicted octanol–water partition coefficient (Wildman–Crippen LogP) is 3.83. The standard InChI is InChI=1S/C22H21N5OS/c1-16(17-8-4-2-5-9-17)12-23-20(28)14-29-22-19-13-26-27(21(19)24-15-25-22)18-10-6-3-7-11-18/h2-11,13,15-16H,12,14H2,1H3,(H,23,28). The molecule has 1 N–H and O–H groups in total. The summed E-state index contributed by atoms with van der Waals surface area (Å²) < 4.78 is 1.78. The Bertz CT molecular complexity index is 1100. The van der Waals surface area contributed by atoms with Gasteiger partial charge in [0, 0.05) is 6.54 Å². The molecule has 0 saturated carbocycles. The maximum absolute atomic E-state index is 12.3. The molecule has 29 heavy (non-hydrogen) atoms. The predicted molar refractivity (Wildman–Crippen MR) is 115 cm³/mol. The van der Waals surface area contributed by atoms with Gasteiger partial charge in [-0.2, -0.15) is 5.10 Å². The molecule has 0 radical (unpaired) electrons. The second kappa shape index (κ2) is 8.87. The molecule has 0 fully saturated rings. The molecule has 6 nitrogen and oxygen atoms in total. The fourth-order valence-electron chi connectivity index (χ4n) is 3.05. The normalized spacial score (nSPS) is 12.0. The number of nitrogens with zero attached hydrogens (tertiary/aromatic N) is 4. The first-order valence-corrected chi connectivity index (χ1v) is 10.4. The molecule has 1 amide bonds. The summed E-state index contributed by atoms with van der Waals surface area (Å²) in [7, 11) is 0. The van der Waals surface area contributed by atoms with Gasteiger partial charge in [0.05, 0.1) is 23.0 Å². The van der Waals surface area contributed by atoms with Gasteiger partial charge in [-0.1, -0.05) is 67.2 Å². The molecular weight excluding hydrogens is 382 g/mol. The van der Waals surface area contributed by atoms with Crippen molar-refractivity contribution in [2.24, 2.45) is 0 Å². The maximum atomic E-state index is 12.3. The van der Waals surface area contributed by atoms with Crippen molar-refractivity contribution in [1.29, 1.82) is 0 Å². The van der Waals surface area contributed by atoms with Crippen LogP contribution < -0.4 is 5.32 Å². The Kier molecular flexibility index (Phi) is 5.86. The van der Waals surface area contributed by atoms with Crippen molar-refractivity contribution in [3.05, 3.63) is 78.8 Å². The topological polar surface area (TPSA) is 72.7 Å². The lowest BCUT2D eigenvalue weighted by Crippen LogP contribution is -2.29. The highest BCUT2D eigenvalue weighted by molar-refractivity contribution is 8.00. The van der Waals surface area contributed by atoms with E-state index in [0.717, 1.165) is 21.7 Å². The van der Waals surface area contributed by atoms with Crippen LogP contribution in [-0.2, 0) is 4.79 Å². The lowest BCUT2D eigenvalue weighted by Gasteiger charge is -2.13. The summed E-state index contributed by atoms with van der Waals surface area (Å²) in [5.74, 6) is 0.546. The minimum absolute atomic E-state index is 0.0139. The van der Waals surface area contributed by atoms with Gasteiger partial charge in [0.2, 0.25) is 5.91 Å². The van der Waals surface area contributed by atoms with Gasteiger partial charge in [-0.3, -0.25) is 4.79 Å². The molecule has 0 saturated heterocycles. The van der Waals surface area contributed by atoms with Gasteiger partial charge >= 0.3 is 0 Å². The molecular formula is C22H21N5OS. The summed E-state index contributed by atoms with van der Waals surface area (Å²) in [5.41, 5.74) is 2.88. The van der Waals surface area contributed by atoms with Gasteiger partial charge in [-0.25, -0.2) is 14.6 Å². The van der Waals surface area contributed by atoms with E-state index in [1.807, 2.05) is 48.5 Å². The Morgan fingerprint density at radius 3 is 2.55 bits per heavy atom. The van der Waals surface area contributed by atoms with Gasteiger partial charge in [0.1, 0.15) is 11.4 Å². The lowest BCUT2D eigenvalue weighted by atomic mass is 10.0. The number of carbonyl (C=O) groups excluding carboxylic acids is 1. The van der Waals surface area contributed by atoms with Crippen molar-refractivity contribution >= 4 is 28.7 Å². The van der Waals surface area contributed by atoms with E-state index in [1.165, 1.54) is 23.7 Å². The number of carbonyl (C=O) groups is 1. The van der Waals surface area contributed by atoms with Gasteiger partial charge in [-0.05, 0) is 23.6 Å². The summed E-state index contributed by atoms with van der Waals surface area (Å²) in [6.07, 6.45) is 3.27. The third kappa shape index (κ3) is 4.46. The second-order valence-electron chi connectivity index (χ2n) is 6.71. The van der Waals surface area contributed by atoms with Gasteiger partial charge in [0.15, 0.2) is 5.65 Å². The fraction of sp³-hybridized carbons (Fsp3) is 0.182. The third-order valence-electron chi connectivity index (χ3n) is 4.64. The zero-order chi connectivity index (χ0) is 20.1. The van der Waals surface area contributed by atoms with Crippen LogP contribution in [0.2, 0.25) is 0 Å². The molecule has 0 bridgehead atoms. The fourth-order valence-corrected chi connectivity index (χ4v) is 3.84. The molecule has 2 aromatic heterocycles. The van der Waals surface area contributed by atoms with E-state index in [1.54, 1.807) is 10.9 Å². The van der Waals surface area contributed by atoms with Crippen molar-refractivity contribution in [3.63, 3.8) is 0 Å². The first-order valence-electron chi connectivity index (χ1n) is 9.41. The van der Waals surface area contributed by atoms with Gasteiger partial charge in [0.25, 0.3) is 0 Å². The zero-order valence-electron chi connectivity index (χ0n) is 16.0. The number of benzene rings is 2. The summed E-state index contributed by atoms with van der Waals surface area (Å²) in [6.45, 7) is 2.71. The van der Waals surface area contributed by atoms with Crippen LogP contribution in [0.15, 0.2) is 78.2 Å². The molecule has 146 valence electrons. The molecule has 0 aliphatic rings. The first kappa shape index (κ1) is 19.1. The number of fused-ring (bicyclic) bond motifs is 1. The number of aromatic nitrogens is 4.